The van der Waals surface area contributed by atoms with Crippen molar-refractivity contribution in [1.29, 1.82) is 0 Å². The molecule has 94 valence electrons. The van der Waals surface area contributed by atoms with Crippen LogP contribution in [0.1, 0.15) is 21.7 Å². The van der Waals surface area contributed by atoms with E-state index in [0.29, 0.717) is 12.2 Å². The first-order valence-corrected chi connectivity index (χ1v) is 5.40. The molecule has 0 saturated carbocycles. The SMILES string of the molecule is Cc1[nH]cnc1CNc1ccc(F)c(C(N)=O)c1. The number of nitrogens with zero attached hydrogens (tertiary/aromatic N) is 1. The molecule has 0 aliphatic heterocycles. The second-order valence-electron chi connectivity index (χ2n) is 3.89. The zero-order valence-electron chi connectivity index (χ0n) is 9.83. The number of aromatic nitrogens is 2. The Morgan fingerprint density at radius 3 is 2.94 bits per heavy atom. The molecule has 2 aromatic rings. The molecule has 4 N–H and O–H groups in total. The Labute approximate surface area is 103 Å². The van der Waals surface area contributed by atoms with Crippen molar-refractivity contribution in [2.75, 3.05) is 5.32 Å². The molecule has 5 nitrogen and oxygen atoms in total. The summed E-state index contributed by atoms with van der Waals surface area (Å²) in [6.07, 6.45) is 1.60. The standard InChI is InChI=1S/C12H13FN4O/c1-7-11(17-6-16-7)5-15-8-2-3-10(13)9(4-8)12(14)18/h2-4,6,15H,5H2,1H3,(H2,14,18)(H,16,17). The summed E-state index contributed by atoms with van der Waals surface area (Å²) in [6, 6.07) is 4.14. The van der Waals surface area contributed by atoms with E-state index in [-0.39, 0.29) is 5.56 Å². The maximum absolute atomic E-state index is 13.3. The minimum atomic E-state index is -0.785. The van der Waals surface area contributed by atoms with E-state index in [1.165, 1.54) is 12.1 Å². The second kappa shape index (κ2) is 4.87. The van der Waals surface area contributed by atoms with Gasteiger partial charge in [0.2, 0.25) is 0 Å². The number of nitrogens with one attached hydrogen (secondary N) is 2. The predicted octanol–water partition coefficient (Wildman–Crippen LogP) is 1.57. The molecule has 1 aromatic heterocycles. The number of amides is 1. The fourth-order valence-electron chi connectivity index (χ4n) is 1.58. The Balaban J connectivity index is 2.13. The number of H-pyrrole nitrogens is 1. The van der Waals surface area contributed by atoms with Crippen LogP contribution < -0.4 is 11.1 Å². The molecule has 2 rings (SSSR count). The summed E-state index contributed by atoms with van der Waals surface area (Å²) in [5.41, 5.74) is 7.39. The monoisotopic (exact) mass is 248 g/mol. The number of hydrogen-bond acceptors (Lipinski definition) is 3. The molecular formula is C12H13FN4O. The number of imidazole rings is 1. The average Bonchev–Trinajstić information content (AvgIpc) is 2.73. The number of carbonyl (C=O) groups is 1. The Hall–Kier alpha value is -2.37. The molecule has 0 radical (unpaired) electrons. The number of aryl methyl sites for hydroxylation is 1. The van der Waals surface area contributed by atoms with Crippen LogP contribution in [0.4, 0.5) is 10.1 Å². The summed E-state index contributed by atoms with van der Waals surface area (Å²) in [5, 5.41) is 3.05. The number of anilines is 1. The van der Waals surface area contributed by atoms with Gasteiger partial charge < -0.3 is 16.0 Å². The van der Waals surface area contributed by atoms with Gasteiger partial charge in [-0.25, -0.2) is 9.37 Å². The number of hydrogen-bond donors (Lipinski definition) is 3. The van der Waals surface area contributed by atoms with Gasteiger partial charge in [-0.2, -0.15) is 0 Å². The van der Waals surface area contributed by atoms with E-state index in [1.807, 2.05) is 6.92 Å². The van der Waals surface area contributed by atoms with Crippen molar-refractivity contribution < 1.29 is 9.18 Å². The molecule has 1 amide bonds. The highest BCUT2D eigenvalue weighted by Crippen LogP contribution is 2.15. The molecular weight excluding hydrogens is 235 g/mol. The maximum atomic E-state index is 13.3. The van der Waals surface area contributed by atoms with Crippen molar-refractivity contribution in [1.82, 2.24) is 9.97 Å². The van der Waals surface area contributed by atoms with Crippen LogP contribution in [0.5, 0.6) is 0 Å². The van der Waals surface area contributed by atoms with Gasteiger partial charge >= 0.3 is 0 Å². The maximum Gasteiger partial charge on any atom is 0.251 e. The fraction of sp³-hybridized carbons (Fsp3) is 0.167. The number of carbonyl (C=O) groups excluding carboxylic acids is 1. The van der Waals surface area contributed by atoms with Crippen LogP contribution >= 0.6 is 0 Å². The third kappa shape index (κ3) is 2.48. The fourth-order valence-corrected chi connectivity index (χ4v) is 1.58. The first-order valence-electron chi connectivity index (χ1n) is 5.40. The minimum absolute atomic E-state index is 0.126. The molecule has 0 unspecified atom stereocenters. The number of aromatic amines is 1. The summed E-state index contributed by atoms with van der Waals surface area (Å²) in [7, 11) is 0. The zero-order valence-corrected chi connectivity index (χ0v) is 9.83. The van der Waals surface area contributed by atoms with E-state index in [2.05, 4.69) is 15.3 Å². The van der Waals surface area contributed by atoms with Gasteiger partial charge in [-0.1, -0.05) is 0 Å². The molecule has 0 atom stereocenters. The Bertz CT molecular complexity index is 579. The van der Waals surface area contributed by atoms with Crippen LogP contribution in [0.2, 0.25) is 0 Å². The normalized spacial score (nSPS) is 10.3. The van der Waals surface area contributed by atoms with Gasteiger partial charge in [-0.3, -0.25) is 4.79 Å². The topological polar surface area (TPSA) is 83.8 Å². The lowest BCUT2D eigenvalue weighted by Gasteiger charge is -2.07. The number of halogens is 1. The summed E-state index contributed by atoms with van der Waals surface area (Å²) in [6.45, 7) is 2.39. The molecule has 0 aliphatic carbocycles. The summed E-state index contributed by atoms with van der Waals surface area (Å²) < 4.78 is 13.3. The lowest BCUT2D eigenvalue weighted by Crippen LogP contribution is -2.13. The Morgan fingerprint density at radius 1 is 1.56 bits per heavy atom. The number of benzene rings is 1. The van der Waals surface area contributed by atoms with Crippen molar-refractivity contribution in [2.45, 2.75) is 13.5 Å². The third-order valence-corrected chi connectivity index (χ3v) is 2.63. The highest BCUT2D eigenvalue weighted by atomic mass is 19.1. The van der Waals surface area contributed by atoms with E-state index >= 15 is 0 Å². The average molecular weight is 248 g/mol. The largest absolute Gasteiger partial charge is 0.379 e. The van der Waals surface area contributed by atoms with E-state index in [0.717, 1.165) is 11.4 Å². The van der Waals surface area contributed by atoms with Crippen molar-refractivity contribution in [2.24, 2.45) is 5.73 Å². The molecule has 1 heterocycles. The van der Waals surface area contributed by atoms with E-state index in [9.17, 15) is 9.18 Å². The number of rotatable bonds is 4. The molecule has 6 heteroatoms. The molecule has 0 fully saturated rings. The molecule has 1 aromatic carbocycles. The first-order chi connectivity index (χ1) is 8.58. The Morgan fingerprint density at radius 2 is 2.33 bits per heavy atom. The second-order valence-corrected chi connectivity index (χ2v) is 3.89. The number of primary amides is 1. The van der Waals surface area contributed by atoms with E-state index in [1.54, 1.807) is 12.4 Å². The predicted molar refractivity (Wildman–Crippen MR) is 65.6 cm³/mol. The zero-order chi connectivity index (χ0) is 13.1. The molecule has 0 bridgehead atoms. The smallest absolute Gasteiger partial charge is 0.251 e. The minimum Gasteiger partial charge on any atom is -0.379 e. The summed E-state index contributed by atoms with van der Waals surface area (Å²) >= 11 is 0. The van der Waals surface area contributed by atoms with Crippen molar-refractivity contribution >= 4 is 11.6 Å². The Kier molecular flexibility index (Phi) is 3.27. The van der Waals surface area contributed by atoms with Gasteiger partial charge in [0.05, 0.1) is 24.1 Å². The van der Waals surface area contributed by atoms with Gasteiger partial charge in [-0.15, -0.1) is 0 Å². The van der Waals surface area contributed by atoms with Crippen LogP contribution in [-0.4, -0.2) is 15.9 Å². The van der Waals surface area contributed by atoms with E-state index < -0.39 is 11.7 Å². The van der Waals surface area contributed by atoms with Crippen molar-refractivity contribution in [3.05, 3.63) is 47.3 Å². The lowest BCUT2D eigenvalue weighted by molar-refractivity contribution is 0.0996. The van der Waals surface area contributed by atoms with Gasteiger partial charge in [0.15, 0.2) is 0 Å². The lowest BCUT2D eigenvalue weighted by atomic mass is 10.1. The molecule has 0 spiro atoms. The quantitative estimate of drug-likeness (QED) is 0.767. The third-order valence-electron chi connectivity index (χ3n) is 2.63. The van der Waals surface area contributed by atoms with Crippen LogP contribution in [0, 0.1) is 12.7 Å². The van der Waals surface area contributed by atoms with Crippen LogP contribution in [0.25, 0.3) is 0 Å². The highest BCUT2D eigenvalue weighted by Gasteiger charge is 2.09. The molecule has 0 saturated heterocycles. The van der Waals surface area contributed by atoms with Crippen molar-refractivity contribution in [3.63, 3.8) is 0 Å². The molecule has 0 aliphatic rings. The summed E-state index contributed by atoms with van der Waals surface area (Å²) in [4.78, 5) is 18.1. The van der Waals surface area contributed by atoms with Crippen LogP contribution in [0.15, 0.2) is 24.5 Å². The van der Waals surface area contributed by atoms with Crippen molar-refractivity contribution in [3.8, 4) is 0 Å². The number of nitrogens with two attached hydrogens (primary N) is 1. The first kappa shape index (κ1) is 12.1. The van der Waals surface area contributed by atoms with Gasteiger partial charge in [-0.05, 0) is 25.1 Å². The van der Waals surface area contributed by atoms with E-state index in [4.69, 9.17) is 5.73 Å². The molecule has 18 heavy (non-hydrogen) atoms. The van der Waals surface area contributed by atoms with Crippen LogP contribution in [0.3, 0.4) is 0 Å². The summed E-state index contributed by atoms with van der Waals surface area (Å²) in [5.74, 6) is -1.41. The van der Waals surface area contributed by atoms with Crippen LogP contribution in [-0.2, 0) is 6.54 Å². The van der Waals surface area contributed by atoms with Gasteiger partial charge in [0, 0.05) is 11.4 Å². The van der Waals surface area contributed by atoms with Gasteiger partial charge in [0.25, 0.3) is 5.91 Å². The van der Waals surface area contributed by atoms with Gasteiger partial charge in [0.1, 0.15) is 5.82 Å². The highest BCUT2D eigenvalue weighted by molar-refractivity contribution is 5.94.